The Morgan fingerprint density at radius 2 is 0.944 bits per heavy atom. The topological polar surface area (TPSA) is 25.8 Å². The molecule has 2 aromatic carbocycles. The highest BCUT2D eigenvalue weighted by molar-refractivity contribution is 5.69. The molecule has 0 aliphatic heterocycles. The van der Waals surface area contributed by atoms with Crippen molar-refractivity contribution in [1.82, 2.24) is 9.97 Å². The number of alkyl halides is 6. The molecule has 1 aromatic heterocycles. The highest BCUT2D eigenvalue weighted by Gasteiger charge is 2.48. The molecule has 0 bridgehead atoms. The minimum Gasteiger partial charge on any atom is -0.236 e. The summed E-state index contributed by atoms with van der Waals surface area (Å²) in [4.78, 5) is 8.63. The summed E-state index contributed by atoms with van der Waals surface area (Å²) in [5.41, 5.74) is 0.911. The molecule has 8 heteroatoms. The van der Waals surface area contributed by atoms with Crippen LogP contribution in [0.5, 0.6) is 0 Å². The molecule has 3 aromatic rings. The van der Waals surface area contributed by atoms with Crippen molar-refractivity contribution in [3.63, 3.8) is 0 Å². The predicted molar refractivity (Wildman–Crippen MR) is 129 cm³/mol. The SMILES string of the molecule is Cc1cc(C)cc(-c2cc(-c3cc(CC(C)(C)C(F)(F)F)cc(CC(C)(C)C(F)(F)F)c3)ncn2)c1. The zero-order valence-corrected chi connectivity index (χ0v) is 21.2. The number of aryl methyl sites for hydroxylation is 2. The maximum atomic E-state index is 13.6. The van der Waals surface area contributed by atoms with Gasteiger partial charge in [0.15, 0.2) is 0 Å². The Morgan fingerprint density at radius 3 is 1.33 bits per heavy atom. The molecule has 3 rings (SSSR count). The Bertz CT molecular complexity index is 1170. The molecule has 36 heavy (non-hydrogen) atoms. The summed E-state index contributed by atoms with van der Waals surface area (Å²) in [5.74, 6) is 0. The van der Waals surface area contributed by atoms with E-state index in [2.05, 4.69) is 9.97 Å². The van der Waals surface area contributed by atoms with Crippen molar-refractivity contribution < 1.29 is 26.3 Å². The monoisotopic (exact) mass is 508 g/mol. The maximum absolute atomic E-state index is 13.6. The summed E-state index contributed by atoms with van der Waals surface area (Å²) in [5, 5.41) is 0. The molecule has 0 saturated carbocycles. The third-order valence-electron chi connectivity index (χ3n) is 6.36. The molecule has 0 amide bonds. The van der Waals surface area contributed by atoms with Gasteiger partial charge in [-0.1, -0.05) is 51.0 Å². The summed E-state index contributed by atoms with van der Waals surface area (Å²) in [6.07, 6.45) is -8.34. The normalized spacial score (nSPS) is 13.2. The average molecular weight is 509 g/mol. The van der Waals surface area contributed by atoms with Crippen LogP contribution in [0.25, 0.3) is 22.5 Å². The molecule has 0 unspecified atom stereocenters. The van der Waals surface area contributed by atoms with E-state index in [1.54, 1.807) is 18.2 Å². The number of hydrogen-bond acceptors (Lipinski definition) is 2. The average Bonchev–Trinajstić information content (AvgIpc) is 2.70. The second kappa shape index (κ2) is 9.52. The van der Waals surface area contributed by atoms with Crippen molar-refractivity contribution in [2.24, 2.45) is 10.8 Å². The van der Waals surface area contributed by atoms with Crippen molar-refractivity contribution in [3.05, 3.63) is 71.0 Å². The van der Waals surface area contributed by atoms with E-state index in [1.807, 2.05) is 32.0 Å². The fraction of sp³-hybridized carbons (Fsp3) is 0.429. The van der Waals surface area contributed by atoms with Crippen LogP contribution in [0.15, 0.2) is 48.8 Å². The lowest BCUT2D eigenvalue weighted by Crippen LogP contribution is -2.35. The minimum atomic E-state index is -4.47. The van der Waals surface area contributed by atoms with Crippen LogP contribution in [-0.4, -0.2) is 22.3 Å². The largest absolute Gasteiger partial charge is 0.394 e. The first-order valence-corrected chi connectivity index (χ1v) is 11.6. The van der Waals surface area contributed by atoms with Gasteiger partial charge in [-0.05, 0) is 68.1 Å². The number of benzene rings is 2. The van der Waals surface area contributed by atoms with E-state index in [0.29, 0.717) is 28.1 Å². The number of nitrogens with zero attached hydrogens (tertiary/aromatic N) is 2. The van der Waals surface area contributed by atoms with Crippen LogP contribution in [0, 0.1) is 24.7 Å². The van der Waals surface area contributed by atoms with Gasteiger partial charge in [0.2, 0.25) is 0 Å². The third kappa shape index (κ3) is 6.26. The van der Waals surface area contributed by atoms with Gasteiger partial charge in [0.1, 0.15) is 6.33 Å². The quantitative estimate of drug-likeness (QED) is 0.311. The maximum Gasteiger partial charge on any atom is 0.394 e. The van der Waals surface area contributed by atoms with E-state index in [0.717, 1.165) is 44.4 Å². The van der Waals surface area contributed by atoms with Crippen molar-refractivity contribution in [2.75, 3.05) is 0 Å². The molecule has 1 heterocycles. The van der Waals surface area contributed by atoms with E-state index in [1.165, 1.54) is 12.4 Å². The van der Waals surface area contributed by atoms with Gasteiger partial charge in [-0.25, -0.2) is 9.97 Å². The van der Waals surface area contributed by atoms with E-state index in [4.69, 9.17) is 0 Å². The Labute approximate surface area is 207 Å². The molecule has 0 atom stereocenters. The second-order valence-corrected chi connectivity index (χ2v) is 10.8. The fourth-order valence-electron chi connectivity index (χ4n) is 4.13. The summed E-state index contributed by atoms with van der Waals surface area (Å²) < 4.78 is 81.6. The molecule has 0 radical (unpaired) electrons. The van der Waals surface area contributed by atoms with Crippen LogP contribution in [0.2, 0.25) is 0 Å². The summed E-state index contributed by atoms with van der Waals surface area (Å²) in [6, 6.07) is 12.2. The summed E-state index contributed by atoms with van der Waals surface area (Å²) >= 11 is 0. The first kappa shape index (κ1) is 27.7. The van der Waals surface area contributed by atoms with E-state index >= 15 is 0 Å². The van der Waals surface area contributed by atoms with Gasteiger partial charge in [-0.3, -0.25) is 0 Å². The van der Waals surface area contributed by atoms with Crippen molar-refractivity contribution in [3.8, 4) is 22.5 Å². The van der Waals surface area contributed by atoms with E-state index < -0.39 is 23.2 Å². The lowest BCUT2D eigenvalue weighted by Gasteiger charge is -2.30. The van der Waals surface area contributed by atoms with Crippen LogP contribution in [0.4, 0.5) is 26.3 Å². The molecule has 0 fully saturated rings. The number of aromatic nitrogens is 2. The molecular formula is C28H30F6N2. The smallest absolute Gasteiger partial charge is 0.236 e. The van der Waals surface area contributed by atoms with E-state index in [9.17, 15) is 26.3 Å². The number of rotatable bonds is 6. The molecule has 0 aliphatic rings. The van der Waals surface area contributed by atoms with Crippen LogP contribution < -0.4 is 0 Å². The standard InChI is InChI=1S/C28H30F6N2/c1-17-7-18(2)9-21(8-17)23-13-24(36-16-35-23)22-11-19(14-25(3,4)27(29,30)31)10-20(12-22)15-26(5,6)28(32,33)34/h7-13,16H,14-15H2,1-6H3. The molecule has 0 aliphatic carbocycles. The van der Waals surface area contributed by atoms with Crippen LogP contribution in [-0.2, 0) is 12.8 Å². The van der Waals surface area contributed by atoms with Gasteiger partial charge in [-0.15, -0.1) is 0 Å². The highest BCUT2D eigenvalue weighted by Crippen LogP contribution is 2.43. The molecular weight excluding hydrogens is 478 g/mol. The van der Waals surface area contributed by atoms with Crippen molar-refractivity contribution in [2.45, 2.75) is 66.7 Å². The molecule has 0 spiro atoms. The summed E-state index contributed by atoms with van der Waals surface area (Å²) in [7, 11) is 0. The molecule has 2 nitrogen and oxygen atoms in total. The Balaban J connectivity index is 2.12. The predicted octanol–water partition coefficient (Wildman–Crippen LogP) is 8.69. The van der Waals surface area contributed by atoms with Gasteiger partial charge in [0, 0.05) is 11.1 Å². The van der Waals surface area contributed by atoms with Gasteiger partial charge >= 0.3 is 12.4 Å². The fourth-order valence-corrected chi connectivity index (χ4v) is 4.13. The van der Waals surface area contributed by atoms with Crippen molar-refractivity contribution in [1.29, 1.82) is 0 Å². The van der Waals surface area contributed by atoms with Crippen LogP contribution in [0.1, 0.15) is 49.9 Å². The zero-order chi connectivity index (χ0) is 27.1. The second-order valence-electron chi connectivity index (χ2n) is 10.8. The highest BCUT2D eigenvalue weighted by atomic mass is 19.4. The Hall–Kier alpha value is -2.90. The van der Waals surface area contributed by atoms with Crippen LogP contribution in [0.3, 0.4) is 0 Å². The third-order valence-corrected chi connectivity index (χ3v) is 6.36. The van der Waals surface area contributed by atoms with Gasteiger partial charge in [0.25, 0.3) is 0 Å². The zero-order valence-electron chi connectivity index (χ0n) is 21.2. The first-order chi connectivity index (χ1) is 16.4. The molecule has 0 saturated heterocycles. The minimum absolute atomic E-state index is 0.300. The van der Waals surface area contributed by atoms with E-state index in [-0.39, 0.29) is 12.8 Å². The number of halogens is 6. The Kier molecular flexibility index (Phi) is 7.32. The number of hydrogen-bond donors (Lipinski definition) is 0. The van der Waals surface area contributed by atoms with Gasteiger partial charge in [-0.2, -0.15) is 26.3 Å². The lowest BCUT2D eigenvalue weighted by molar-refractivity contribution is -0.211. The lowest BCUT2D eigenvalue weighted by atomic mass is 9.81. The molecule has 0 N–H and O–H groups in total. The Morgan fingerprint density at radius 1 is 0.556 bits per heavy atom. The van der Waals surface area contributed by atoms with Crippen LogP contribution >= 0.6 is 0 Å². The van der Waals surface area contributed by atoms with Gasteiger partial charge < -0.3 is 0 Å². The summed E-state index contributed by atoms with van der Waals surface area (Å²) in [6.45, 7) is 8.26. The van der Waals surface area contributed by atoms with Crippen molar-refractivity contribution >= 4 is 0 Å². The molecule has 194 valence electrons. The first-order valence-electron chi connectivity index (χ1n) is 11.6. The van der Waals surface area contributed by atoms with Gasteiger partial charge in [0.05, 0.1) is 22.2 Å².